The molecule has 1 aromatic carbocycles. The number of aliphatic hydroxyl groups is 1. The smallest absolute Gasteiger partial charge is 0.317 e. The molecule has 0 bridgehead atoms. The standard InChI is InChI=1S/C19H24N4O2/c24-18(13-4-2-1-3-5-13)12-23(16-7-8-16)19(25)21-15-6-9-17-14(10-15)11-20-22-17/h1-5,11,15-16,18,24H,6-10,12H2,(H,20,22)(H,21,25). The quantitative estimate of drug-likeness (QED) is 0.780. The number of carbonyl (C=O) groups is 1. The molecule has 25 heavy (non-hydrogen) atoms. The van der Waals surface area contributed by atoms with Crippen LogP contribution in [0, 0.1) is 0 Å². The van der Waals surface area contributed by atoms with Crippen LogP contribution >= 0.6 is 0 Å². The van der Waals surface area contributed by atoms with Crippen molar-refractivity contribution in [1.29, 1.82) is 0 Å². The molecule has 6 nitrogen and oxygen atoms in total. The summed E-state index contributed by atoms with van der Waals surface area (Å²) >= 11 is 0. The molecule has 2 aliphatic carbocycles. The Morgan fingerprint density at radius 3 is 2.88 bits per heavy atom. The molecule has 1 saturated carbocycles. The van der Waals surface area contributed by atoms with E-state index >= 15 is 0 Å². The van der Waals surface area contributed by atoms with Crippen LogP contribution in [-0.4, -0.2) is 44.9 Å². The molecule has 3 N–H and O–H groups in total. The van der Waals surface area contributed by atoms with Gasteiger partial charge in [-0.1, -0.05) is 30.3 Å². The highest BCUT2D eigenvalue weighted by molar-refractivity contribution is 5.75. The van der Waals surface area contributed by atoms with Crippen LogP contribution in [0.3, 0.4) is 0 Å². The zero-order valence-electron chi connectivity index (χ0n) is 14.2. The van der Waals surface area contributed by atoms with Crippen LogP contribution in [0.5, 0.6) is 0 Å². The Bertz CT molecular complexity index is 726. The van der Waals surface area contributed by atoms with Crippen molar-refractivity contribution in [2.24, 2.45) is 0 Å². The zero-order valence-corrected chi connectivity index (χ0v) is 14.2. The van der Waals surface area contributed by atoms with E-state index < -0.39 is 6.10 Å². The molecule has 0 aliphatic heterocycles. The fourth-order valence-electron chi connectivity index (χ4n) is 3.55. The predicted molar refractivity (Wildman–Crippen MR) is 94.1 cm³/mol. The molecule has 1 aromatic heterocycles. The lowest BCUT2D eigenvalue weighted by Crippen LogP contribution is -2.48. The molecule has 1 fully saturated rings. The van der Waals surface area contributed by atoms with Gasteiger partial charge in [-0.15, -0.1) is 0 Å². The van der Waals surface area contributed by atoms with Crippen molar-refractivity contribution in [2.75, 3.05) is 6.54 Å². The first-order valence-electron chi connectivity index (χ1n) is 9.02. The third kappa shape index (κ3) is 3.69. The van der Waals surface area contributed by atoms with Crippen LogP contribution in [0.2, 0.25) is 0 Å². The molecule has 2 unspecified atom stereocenters. The Hall–Kier alpha value is -2.34. The summed E-state index contributed by atoms with van der Waals surface area (Å²) in [5, 5.41) is 20.8. The van der Waals surface area contributed by atoms with Gasteiger partial charge in [-0.05, 0) is 43.2 Å². The second-order valence-electron chi connectivity index (χ2n) is 7.07. The van der Waals surface area contributed by atoms with Crippen LogP contribution in [0.4, 0.5) is 4.79 Å². The summed E-state index contributed by atoms with van der Waals surface area (Å²) in [7, 11) is 0. The van der Waals surface area contributed by atoms with Gasteiger partial charge in [0.05, 0.1) is 18.8 Å². The molecule has 2 atom stereocenters. The minimum atomic E-state index is -0.653. The number of aromatic amines is 1. The summed E-state index contributed by atoms with van der Waals surface area (Å²) in [6.07, 6.45) is 5.89. The second kappa shape index (κ2) is 6.88. The number of H-pyrrole nitrogens is 1. The highest BCUT2D eigenvalue weighted by atomic mass is 16.3. The van der Waals surface area contributed by atoms with E-state index in [9.17, 15) is 9.90 Å². The Balaban J connectivity index is 1.38. The van der Waals surface area contributed by atoms with Crippen molar-refractivity contribution in [2.45, 2.75) is 50.3 Å². The van der Waals surface area contributed by atoms with E-state index in [0.717, 1.165) is 37.7 Å². The molecule has 2 amide bonds. The van der Waals surface area contributed by atoms with Gasteiger partial charge in [0.15, 0.2) is 0 Å². The van der Waals surface area contributed by atoms with Crippen LogP contribution in [0.25, 0.3) is 0 Å². The third-order valence-corrected chi connectivity index (χ3v) is 5.15. The van der Waals surface area contributed by atoms with Gasteiger partial charge in [-0.3, -0.25) is 5.10 Å². The lowest BCUT2D eigenvalue weighted by molar-refractivity contribution is 0.116. The monoisotopic (exact) mass is 340 g/mol. The van der Waals surface area contributed by atoms with E-state index in [2.05, 4.69) is 15.5 Å². The van der Waals surface area contributed by atoms with Crippen LogP contribution < -0.4 is 5.32 Å². The molecule has 2 aliphatic rings. The molecular formula is C19H24N4O2. The molecule has 2 aromatic rings. The lowest BCUT2D eigenvalue weighted by atomic mass is 9.94. The number of nitrogens with zero attached hydrogens (tertiary/aromatic N) is 2. The average Bonchev–Trinajstić information content (AvgIpc) is 3.37. The molecule has 0 radical (unpaired) electrons. The molecule has 6 heteroatoms. The number of hydrogen-bond donors (Lipinski definition) is 3. The van der Waals surface area contributed by atoms with E-state index in [4.69, 9.17) is 0 Å². The first-order chi connectivity index (χ1) is 12.2. The van der Waals surface area contributed by atoms with Crippen molar-refractivity contribution >= 4 is 6.03 Å². The summed E-state index contributed by atoms with van der Waals surface area (Å²) in [5.74, 6) is 0. The fraction of sp³-hybridized carbons (Fsp3) is 0.474. The maximum Gasteiger partial charge on any atom is 0.317 e. The molecule has 1 heterocycles. The second-order valence-corrected chi connectivity index (χ2v) is 7.07. The van der Waals surface area contributed by atoms with Gasteiger partial charge in [0.25, 0.3) is 0 Å². The number of nitrogens with one attached hydrogen (secondary N) is 2. The fourth-order valence-corrected chi connectivity index (χ4v) is 3.55. The third-order valence-electron chi connectivity index (χ3n) is 5.15. The summed E-state index contributed by atoms with van der Waals surface area (Å²) in [6.45, 7) is 0.337. The van der Waals surface area contributed by atoms with Crippen molar-refractivity contribution in [3.8, 4) is 0 Å². The van der Waals surface area contributed by atoms with E-state index in [-0.39, 0.29) is 18.1 Å². The van der Waals surface area contributed by atoms with Crippen molar-refractivity contribution in [3.05, 3.63) is 53.3 Å². The number of urea groups is 1. The topological polar surface area (TPSA) is 81.2 Å². The number of aliphatic hydroxyl groups excluding tert-OH is 1. The van der Waals surface area contributed by atoms with Crippen LogP contribution in [-0.2, 0) is 12.8 Å². The van der Waals surface area contributed by atoms with Gasteiger partial charge < -0.3 is 15.3 Å². The number of rotatable bonds is 5. The van der Waals surface area contributed by atoms with E-state index in [1.165, 1.54) is 11.3 Å². The SMILES string of the molecule is O=C(NC1CCc2[nH]ncc2C1)N(CC(O)c1ccccc1)C1CC1. The van der Waals surface area contributed by atoms with Crippen molar-refractivity contribution < 1.29 is 9.90 Å². The number of benzene rings is 1. The Kier molecular flexibility index (Phi) is 4.44. The van der Waals surface area contributed by atoms with E-state index in [1.54, 1.807) is 0 Å². The predicted octanol–water partition coefficient (Wildman–Crippen LogP) is 2.17. The number of fused-ring (bicyclic) bond motifs is 1. The van der Waals surface area contributed by atoms with E-state index in [1.807, 2.05) is 41.4 Å². The maximum absolute atomic E-state index is 12.8. The molecule has 0 spiro atoms. The Labute approximate surface area is 147 Å². The summed E-state index contributed by atoms with van der Waals surface area (Å²) in [5.41, 5.74) is 3.23. The average molecular weight is 340 g/mol. The Morgan fingerprint density at radius 1 is 1.32 bits per heavy atom. The maximum atomic E-state index is 12.8. The number of aryl methyl sites for hydroxylation is 1. The van der Waals surface area contributed by atoms with Crippen LogP contribution in [0.15, 0.2) is 36.5 Å². The molecule has 0 saturated heterocycles. The summed E-state index contributed by atoms with van der Waals surface area (Å²) in [6, 6.07) is 9.86. The number of aromatic nitrogens is 2. The van der Waals surface area contributed by atoms with Crippen molar-refractivity contribution in [1.82, 2.24) is 20.4 Å². The lowest BCUT2D eigenvalue weighted by Gasteiger charge is -2.29. The first kappa shape index (κ1) is 16.1. The van der Waals surface area contributed by atoms with Gasteiger partial charge in [-0.25, -0.2) is 4.79 Å². The van der Waals surface area contributed by atoms with Gasteiger partial charge in [0.1, 0.15) is 0 Å². The van der Waals surface area contributed by atoms with Crippen LogP contribution in [0.1, 0.15) is 42.2 Å². The van der Waals surface area contributed by atoms with Gasteiger partial charge in [0, 0.05) is 17.8 Å². The van der Waals surface area contributed by atoms with Crippen molar-refractivity contribution in [3.63, 3.8) is 0 Å². The highest BCUT2D eigenvalue weighted by Gasteiger charge is 2.35. The van der Waals surface area contributed by atoms with E-state index in [0.29, 0.717) is 6.54 Å². The molecule has 132 valence electrons. The minimum absolute atomic E-state index is 0.0607. The Morgan fingerprint density at radius 2 is 2.12 bits per heavy atom. The first-order valence-corrected chi connectivity index (χ1v) is 9.02. The zero-order chi connectivity index (χ0) is 17.2. The summed E-state index contributed by atoms with van der Waals surface area (Å²) < 4.78 is 0. The van der Waals surface area contributed by atoms with Gasteiger partial charge >= 0.3 is 6.03 Å². The largest absolute Gasteiger partial charge is 0.387 e. The number of carbonyl (C=O) groups excluding carboxylic acids is 1. The molecular weight excluding hydrogens is 316 g/mol. The van der Waals surface area contributed by atoms with Gasteiger partial charge in [-0.2, -0.15) is 5.10 Å². The molecule has 4 rings (SSSR count). The van der Waals surface area contributed by atoms with Gasteiger partial charge in [0.2, 0.25) is 0 Å². The normalized spacial score (nSPS) is 20.6. The minimum Gasteiger partial charge on any atom is -0.387 e. The number of hydrogen-bond acceptors (Lipinski definition) is 3. The number of amides is 2. The summed E-state index contributed by atoms with van der Waals surface area (Å²) in [4.78, 5) is 14.6. The highest BCUT2D eigenvalue weighted by Crippen LogP contribution is 2.29.